The lowest BCUT2D eigenvalue weighted by Gasteiger charge is -2.31. The molecular formula is C19H22ClN3O3. The van der Waals surface area contributed by atoms with Crippen molar-refractivity contribution >= 4 is 29.3 Å². The second-order valence-corrected chi connectivity index (χ2v) is 7.30. The topological polar surface area (TPSA) is 78.5 Å². The van der Waals surface area contributed by atoms with Crippen molar-refractivity contribution in [2.75, 3.05) is 13.1 Å². The normalized spacial score (nSPS) is 20.8. The summed E-state index contributed by atoms with van der Waals surface area (Å²) in [5.74, 6) is -1.00. The Bertz CT molecular complexity index is 728. The number of hydrazine groups is 1. The summed E-state index contributed by atoms with van der Waals surface area (Å²) in [7, 11) is 0. The number of hydrogen-bond acceptors (Lipinski definition) is 3. The molecule has 6 nitrogen and oxygen atoms in total. The Hall–Kier alpha value is -2.34. The van der Waals surface area contributed by atoms with Gasteiger partial charge in [-0.15, -0.1) is 0 Å². The highest BCUT2D eigenvalue weighted by Crippen LogP contribution is 2.48. The molecule has 1 saturated heterocycles. The summed E-state index contributed by atoms with van der Waals surface area (Å²) < 4.78 is 0. The number of carbonyl (C=O) groups is 3. The molecule has 0 bridgehead atoms. The number of nitrogens with zero attached hydrogens (tertiary/aromatic N) is 1. The molecule has 0 radical (unpaired) electrons. The maximum atomic E-state index is 12.6. The number of hydrogen-bond donors (Lipinski definition) is 2. The Morgan fingerprint density at radius 1 is 1.19 bits per heavy atom. The van der Waals surface area contributed by atoms with E-state index in [4.69, 9.17) is 11.6 Å². The minimum Gasteiger partial charge on any atom is -0.338 e. The molecule has 1 heterocycles. The van der Waals surface area contributed by atoms with Crippen LogP contribution in [0.3, 0.4) is 0 Å². The molecule has 2 fully saturated rings. The molecule has 26 heavy (non-hydrogen) atoms. The highest BCUT2D eigenvalue weighted by atomic mass is 35.5. The quantitative estimate of drug-likeness (QED) is 0.623. The van der Waals surface area contributed by atoms with Crippen molar-refractivity contribution in [3.8, 4) is 0 Å². The van der Waals surface area contributed by atoms with Crippen molar-refractivity contribution in [2.45, 2.75) is 31.1 Å². The summed E-state index contributed by atoms with van der Waals surface area (Å²) in [6.45, 7) is 4.44. The summed E-state index contributed by atoms with van der Waals surface area (Å²) in [5.41, 5.74) is 5.40. The number of likely N-dealkylation sites (tertiary alicyclic amines) is 1. The second kappa shape index (κ2) is 7.50. The number of benzene rings is 1. The largest absolute Gasteiger partial charge is 0.338 e. The molecule has 1 aromatic carbocycles. The first-order valence-electron chi connectivity index (χ1n) is 8.74. The molecule has 3 amide bonds. The van der Waals surface area contributed by atoms with Gasteiger partial charge in [0.25, 0.3) is 0 Å². The molecule has 138 valence electrons. The van der Waals surface area contributed by atoms with Crippen LogP contribution in [0.1, 0.15) is 31.2 Å². The van der Waals surface area contributed by atoms with E-state index < -0.39 is 5.41 Å². The van der Waals surface area contributed by atoms with Crippen LogP contribution in [0.25, 0.3) is 0 Å². The van der Waals surface area contributed by atoms with Gasteiger partial charge >= 0.3 is 0 Å². The molecule has 1 saturated carbocycles. The zero-order chi connectivity index (χ0) is 18.7. The van der Waals surface area contributed by atoms with Crippen molar-refractivity contribution < 1.29 is 14.4 Å². The van der Waals surface area contributed by atoms with E-state index in [-0.39, 0.29) is 23.6 Å². The molecule has 1 aliphatic heterocycles. The van der Waals surface area contributed by atoms with Crippen LogP contribution in [0.15, 0.2) is 36.9 Å². The van der Waals surface area contributed by atoms with Gasteiger partial charge in [0.2, 0.25) is 17.7 Å². The van der Waals surface area contributed by atoms with E-state index in [0.717, 1.165) is 24.8 Å². The number of halogens is 1. The van der Waals surface area contributed by atoms with E-state index >= 15 is 0 Å². The smallest absolute Gasteiger partial charge is 0.249 e. The molecule has 2 N–H and O–H groups in total. The van der Waals surface area contributed by atoms with Crippen LogP contribution in [0.2, 0.25) is 5.02 Å². The number of carbonyl (C=O) groups excluding carboxylic acids is 3. The predicted molar refractivity (Wildman–Crippen MR) is 98.2 cm³/mol. The van der Waals surface area contributed by atoms with Crippen LogP contribution in [-0.2, 0) is 19.8 Å². The Kier molecular flexibility index (Phi) is 5.32. The first kappa shape index (κ1) is 18.5. The van der Waals surface area contributed by atoms with Gasteiger partial charge < -0.3 is 4.90 Å². The van der Waals surface area contributed by atoms with Crippen LogP contribution in [0.4, 0.5) is 0 Å². The highest BCUT2D eigenvalue weighted by molar-refractivity contribution is 6.30. The molecule has 7 heteroatoms. The van der Waals surface area contributed by atoms with Crippen molar-refractivity contribution in [3.05, 3.63) is 47.5 Å². The summed E-state index contributed by atoms with van der Waals surface area (Å²) in [6.07, 6.45) is 4.17. The fourth-order valence-electron chi connectivity index (χ4n) is 3.40. The van der Waals surface area contributed by atoms with Gasteiger partial charge in [0, 0.05) is 18.1 Å². The van der Waals surface area contributed by atoms with Gasteiger partial charge in [0.15, 0.2) is 0 Å². The summed E-state index contributed by atoms with van der Waals surface area (Å²) in [6, 6.07) is 7.21. The van der Waals surface area contributed by atoms with Crippen LogP contribution in [-0.4, -0.2) is 35.7 Å². The number of amides is 3. The van der Waals surface area contributed by atoms with Gasteiger partial charge in [0.1, 0.15) is 0 Å². The zero-order valence-electron chi connectivity index (χ0n) is 14.5. The van der Waals surface area contributed by atoms with Crippen molar-refractivity contribution in [1.29, 1.82) is 0 Å². The van der Waals surface area contributed by atoms with Gasteiger partial charge in [-0.25, -0.2) is 0 Å². The highest BCUT2D eigenvalue weighted by Gasteiger charge is 2.51. The number of piperidine rings is 1. The monoisotopic (exact) mass is 375 g/mol. The Labute approximate surface area is 157 Å². The van der Waals surface area contributed by atoms with E-state index in [1.807, 2.05) is 12.1 Å². The SMILES string of the molecule is C=CC(=O)N1CCCC(C(=O)NNC(=O)C2(c3ccc(Cl)cc3)CC2)C1. The fourth-order valence-corrected chi connectivity index (χ4v) is 3.53. The van der Waals surface area contributed by atoms with E-state index in [9.17, 15) is 14.4 Å². The number of rotatable bonds is 4. The third-order valence-corrected chi connectivity index (χ3v) is 5.41. The predicted octanol–water partition coefficient (Wildman–Crippen LogP) is 1.94. The molecule has 0 spiro atoms. The summed E-state index contributed by atoms with van der Waals surface area (Å²) >= 11 is 5.90. The lowest BCUT2D eigenvalue weighted by Crippen LogP contribution is -2.51. The minimum atomic E-state index is -0.588. The molecule has 0 aromatic heterocycles. The third kappa shape index (κ3) is 3.75. The Morgan fingerprint density at radius 2 is 1.88 bits per heavy atom. The van der Waals surface area contributed by atoms with Crippen molar-refractivity contribution in [2.24, 2.45) is 5.92 Å². The van der Waals surface area contributed by atoms with E-state index in [2.05, 4.69) is 17.4 Å². The van der Waals surface area contributed by atoms with Gasteiger partial charge in [-0.05, 0) is 49.5 Å². The molecule has 1 unspecified atom stereocenters. The van der Waals surface area contributed by atoms with Gasteiger partial charge in [-0.3, -0.25) is 25.2 Å². The molecule has 1 atom stereocenters. The lowest BCUT2D eigenvalue weighted by molar-refractivity contribution is -0.135. The second-order valence-electron chi connectivity index (χ2n) is 6.86. The number of nitrogens with one attached hydrogen (secondary N) is 2. The molecular weight excluding hydrogens is 354 g/mol. The minimum absolute atomic E-state index is 0.175. The van der Waals surface area contributed by atoms with Gasteiger partial charge in [-0.2, -0.15) is 0 Å². The lowest BCUT2D eigenvalue weighted by atomic mass is 9.95. The van der Waals surface area contributed by atoms with Crippen molar-refractivity contribution in [3.63, 3.8) is 0 Å². The maximum Gasteiger partial charge on any atom is 0.249 e. The Morgan fingerprint density at radius 3 is 2.50 bits per heavy atom. The molecule has 1 aliphatic carbocycles. The van der Waals surface area contributed by atoms with Crippen LogP contribution >= 0.6 is 11.6 Å². The molecule has 3 rings (SSSR count). The van der Waals surface area contributed by atoms with Crippen LogP contribution < -0.4 is 10.9 Å². The standard InChI is InChI=1S/C19H22ClN3O3/c1-2-16(24)23-11-3-4-13(12-23)17(25)21-22-18(26)19(9-10-19)14-5-7-15(20)8-6-14/h2,5-8,13H,1,3-4,9-12H2,(H,21,25)(H,22,26). The van der Waals surface area contributed by atoms with Gasteiger partial charge in [0.05, 0.1) is 11.3 Å². The average Bonchev–Trinajstić information content (AvgIpc) is 3.47. The zero-order valence-corrected chi connectivity index (χ0v) is 15.2. The van der Waals surface area contributed by atoms with Crippen molar-refractivity contribution in [1.82, 2.24) is 15.8 Å². The maximum absolute atomic E-state index is 12.6. The molecule has 1 aromatic rings. The average molecular weight is 376 g/mol. The van der Waals surface area contributed by atoms with E-state index in [1.54, 1.807) is 17.0 Å². The first-order valence-corrected chi connectivity index (χ1v) is 9.12. The summed E-state index contributed by atoms with van der Waals surface area (Å²) in [4.78, 5) is 38.3. The van der Waals surface area contributed by atoms with Crippen LogP contribution in [0, 0.1) is 5.92 Å². The van der Waals surface area contributed by atoms with E-state index in [0.29, 0.717) is 24.5 Å². The van der Waals surface area contributed by atoms with Crippen LogP contribution in [0.5, 0.6) is 0 Å². The van der Waals surface area contributed by atoms with E-state index in [1.165, 1.54) is 6.08 Å². The van der Waals surface area contributed by atoms with Gasteiger partial charge in [-0.1, -0.05) is 30.3 Å². The molecule has 2 aliphatic rings. The summed E-state index contributed by atoms with van der Waals surface area (Å²) in [5, 5.41) is 0.620. The third-order valence-electron chi connectivity index (χ3n) is 5.16. The first-order chi connectivity index (χ1) is 12.5. The fraction of sp³-hybridized carbons (Fsp3) is 0.421. The Balaban J connectivity index is 1.56.